The molecule has 0 saturated carbocycles. The Morgan fingerprint density at radius 1 is 0.789 bits per heavy atom. The van der Waals surface area contributed by atoms with Crippen molar-refractivity contribution >= 4 is 24.0 Å². The first-order valence-electron chi connectivity index (χ1n) is 7.91. The number of rotatable bonds is 10. The quantitative estimate of drug-likeness (QED) is 0.307. The highest BCUT2D eigenvalue weighted by atomic mass is 127. The molecule has 0 aliphatic carbocycles. The first-order valence-corrected chi connectivity index (χ1v) is 7.91. The Morgan fingerprint density at radius 2 is 1.21 bits per heavy atom. The van der Waals surface area contributed by atoms with E-state index < -0.39 is 6.42 Å². The number of halogens is 2. The maximum atomic E-state index is 14.1. The summed E-state index contributed by atoms with van der Waals surface area (Å²) in [5.41, 5.74) is 0. The minimum absolute atomic E-state index is 0. The van der Waals surface area contributed by atoms with Crippen LogP contribution in [-0.4, -0.2) is 42.4 Å². The van der Waals surface area contributed by atoms with E-state index in [1.54, 1.807) is 0 Å². The van der Waals surface area contributed by atoms with Crippen molar-refractivity contribution in [3.63, 3.8) is 0 Å². The van der Waals surface area contributed by atoms with Gasteiger partial charge in [-0.2, -0.15) is 0 Å². The van der Waals surface area contributed by atoms with Crippen molar-refractivity contribution < 1.29 is 4.39 Å². The van der Waals surface area contributed by atoms with E-state index in [1.165, 1.54) is 38.5 Å². The van der Waals surface area contributed by atoms with Gasteiger partial charge in [0.1, 0.15) is 0 Å². The lowest BCUT2D eigenvalue weighted by Gasteiger charge is -2.23. The van der Waals surface area contributed by atoms with Crippen molar-refractivity contribution in [1.82, 2.24) is 9.80 Å². The fourth-order valence-corrected chi connectivity index (χ4v) is 2.62. The molecule has 2 nitrogen and oxygen atoms in total. The fraction of sp³-hybridized carbons (Fsp3) is 1.00. The molecule has 0 radical (unpaired) electrons. The van der Waals surface area contributed by atoms with Crippen LogP contribution < -0.4 is 0 Å². The van der Waals surface area contributed by atoms with Gasteiger partial charge in [-0.25, -0.2) is 4.39 Å². The van der Waals surface area contributed by atoms with E-state index in [4.69, 9.17) is 0 Å². The maximum Gasteiger partial charge on any atom is 0.210 e. The summed E-state index contributed by atoms with van der Waals surface area (Å²) in [5, 5.41) is 0. The normalized spacial score (nSPS) is 17.8. The van der Waals surface area contributed by atoms with Gasteiger partial charge in [-0.3, -0.25) is 9.80 Å². The van der Waals surface area contributed by atoms with Gasteiger partial charge in [-0.05, 0) is 12.8 Å². The third kappa shape index (κ3) is 7.81. The van der Waals surface area contributed by atoms with Crippen LogP contribution in [0.5, 0.6) is 0 Å². The van der Waals surface area contributed by atoms with Gasteiger partial charge in [0.2, 0.25) is 6.42 Å². The van der Waals surface area contributed by atoms with E-state index in [9.17, 15) is 4.39 Å². The van der Waals surface area contributed by atoms with Gasteiger partial charge in [-0.1, -0.05) is 52.4 Å². The van der Waals surface area contributed by atoms with Gasteiger partial charge in [0.25, 0.3) is 0 Å². The van der Waals surface area contributed by atoms with E-state index in [2.05, 4.69) is 13.8 Å². The zero-order valence-electron chi connectivity index (χ0n) is 12.7. The smallest absolute Gasteiger partial charge is 0.210 e. The lowest BCUT2D eigenvalue weighted by molar-refractivity contribution is 0.0155. The summed E-state index contributed by atoms with van der Waals surface area (Å²) in [6.45, 7) is 8.14. The van der Waals surface area contributed by atoms with Gasteiger partial charge in [0, 0.05) is 26.2 Å². The monoisotopic (exact) mass is 386 g/mol. The van der Waals surface area contributed by atoms with Crippen LogP contribution in [0.3, 0.4) is 0 Å². The summed E-state index contributed by atoms with van der Waals surface area (Å²) in [6.07, 6.45) is 9.05. The van der Waals surface area contributed by atoms with Gasteiger partial charge in [0.05, 0.1) is 0 Å². The van der Waals surface area contributed by atoms with Crippen LogP contribution in [0, 0.1) is 0 Å². The molecule has 1 heterocycles. The van der Waals surface area contributed by atoms with Crippen LogP contribution >= 0.6 is 24.0 Å². The molecule has 0 bridgehead atoms. The van der Waals surface area contributed by atoms with Crippen molar-refractivity contribution in [2.45, 2.75) is 71.6 Å². The summed E-state index contributed by atoms with van der Waals surface area (Å²) in [6, 6.07) is 0. The Balaban J connectivity index is 0.00000324. The Bertz CT molecular complexity index is 185. The zero-order valence-corrected chi connectivity index (χ0v) is 15.1. The topological polar surface area (TPSA) is 6.48 Å². The van der Waals surface area contributed by atoms with Crippen LogP contribution in [0.25, 0.3) is 0 Å². The number of alkyl halides is 1. The highest BCUT2D eigenvalue weighted by Gasteiger charge is 2.30. The molecule has 19 heavy (non-hydrogen) atoms. The first kappa shape index (κ1) is 19.6. The molecule has 4 heteroatoms. The van der Waals surface area contributed by atoms with Gasteiger partial charge < -0.3 is 0 Å². The number of nitrogens with zero attached hydrogens (tertiary/aromatic N) is 2. The molecule has 0 aromatic rings. The molecule has 116 valence electrons. The molecule has 0 aromatic carbocycles. The summed E-state index contributed by atoms with van der Waals surface area (Å²) in [7, 11) is 0. The van der Waals surface area contributed by atoms with Crippen LogP contribution in [0.4, 0.5) is 4.39 Å². The molecule has 0 unspecified atom stereocenters. The Hall–Kier alpha value is 0.580. The average molecular weight is 386 g/mol. The Kier molecular flexibility index (Phi) is 12.7. The second-order valence-corrected chi connectivity index (χ2v) is 5.50. The first-order chi connectivity index (χ1) is 8.79. The van der Waals surface area contributed by atoms with Crippen molar-refractivity contribution in [3.8, 4) is 0 Å². The van der Waals surface area contributed by atoms with Gasteiger partial charge >= 0.3 is 0 Å². The molecule has 0 atom stereocenters. The molecule has 1 rings (SSSR count). The standard InChI is InChI=1S/C15H31FN2.HI/c1-3-5-7-9-11-17-13-14-18(15(17)16)12-10-8-6-4-2;/h15H,3-14H2,1-2H3;1H. The molecule has 0 aromatic heterocycles. The third-order valence-electron chi connectivity index (χ3n) is 3.87. The maximum absolute atomic E-state index is 14.1. The van der Waals surface area contributed by atoms with E-state index >= 15 is 0 Å². The van der Waals surface area contributed by atoms with Crippen molar-refractivity contribution in [1.29, 1.82) is 0 Å². The Morgan fingerprint density at radius 3 is 1.58 bits per heavy atom. The van der Waals surface area contributed by atoms with E-state index in [0.29, 0.717) is 0 Å². The molecule has 0 amide bonds. The fourth-order valence-electron chi connectivity index (χ4n) is 2.62. The van der Waals surface area contributed by atoms with Crippen molar-refractivity contribution in [2.24, 2.45) is 0 Å². The van der Waals surface area contributed by atoms with Crippen molar-refractivity contribution in [3.05, 3.63) is 0 Å². The van der Waals surface area contributed by atoms with E-state index in [1.807, 2.05) is 9.80 Å². The molecule has 1 saturated heterocycles. The number of hydrogen-bond acceptors (Lipinski definition) is 2. The number of unbranched alkanes of at least 4 members (excludes halogenated alkanes) is 6. The number of hydrogen-bond donors (Lipinski definition) is 0. The van der Waals surface area contributed by atoms with E-state index in [-0.39, 0.29) is 24.0 Å². The summed E-state index contributed by atoms with van der Waals surface area (Å²) in [5.74, 6) is 0. The Labute approximate surface area is 136 Å². The highest BCUT2D eigenvalue weighted by molar-refractivity contribution is 14.0. The molecule has 1 aliphatic heterocycles. The van der Waals surface area contributed by atoms with Crippen LogP contribution in [0.1, 0.15) is 65.2 Å². The minimum atomic E-state index is -0.812. The van der Waals surface area contributed by atoms with Crippen molar-refractivity contribution in [2.75, 3.05) is 26.2 Å². The predicted molar refractivity (Wildman–Crippen MR) is 91.7 cm³/mol. The molecular formula is C15H32FIN2. The molecule has 1 fully saturated rings. The SMILES string of the molecule is CCCCCCN1CCN(CCCCCC)C1F.I. The van der Waals surface area contributed by atoms with E-state index in [0.717, 1.165) is 39.0 Å². The molecule has 0 spiro atoms. The zero-order chi connectivity index (χ0) is 13.2. The predicted octanol–water partition coefficient (Wildman–Crippen LogP) is 4.64. The second-order valence-electron chi connectivity index (χ2n) is 5.50. The lowest BCUT2D eigenvalue weighted by atomic mass is 10.2. The largest absolute Gasteiger partial charge is 0.260 e. The lowest BCUT2D eigenvalue weighted by Crippen LogP contribution is -2.36. The second kappa shape index (κ2) is 12.3. The molecular weight excluding hydrogens is 354 g/mol. The molecule has 0 N–H and O–H groups in total. The summed E-state index contributed by atoms with van der Waals surface area (Å²) < 4.78 is 14.1. The highest BCUT2D eigenvalue weighted by Crippen LogP contribution is 2.18. The van der Waals surface area contributed by atoms with Crippen LogP contribution in [-0.2, 0) is 0 Å². The summed E-state index contributed by atoms with van der Waals surface area (Å²) in [4.78, 5) is 4.02. The van der Waals surface area contributed by atoms with Gasteiger partial charge in [-0.15, -0.1) is 24.0 Å². The molecule has 1 aliphatic rings. The van der Waals surface area contributed by atoms with Crippen LogP contribution in [0.2, 0.25) is 0 Å². The van der Waals surface area contributed by atoms with Crippen LogP contribution in [0.15, 0.2) is 0 Å². The third-order valence-corrected chi connectivity index (χ3v) is 3.87. The van der Waals surface area contributed by atoms with Gasteiger partial charge in [0.15, 0.2) is 0 Å². The summed E-state index contributed by atoms with van der Waals surface area (Å²) >= 11 is 0. The average Bonchev–Trinajstić information content (AvgIpc) is 2.72. The minimum Gasteiger partial charge on any atom is -0.260 e.